The van der Waals surface area contributed by atoms with Crippen molar-refractivity contribution in [2.45, 2.75) is 19.3 Å². The van der Waals surface area contributed by atoms with Crippen LogP contribution < -0.4 is 15.2 Å². The molecule has 1 aromatic rings. The van der Waals surface area contributed by atoms with Gasteiger partial charge in [-0.1, -0.05) is 18.3 Å². The van der Waals surface area contributed by atoms with Crippen molar-refractivity contribution in [2.24, 2.45) is 5.73 Å². The maximum Gasteiger partial charge on any atom is 0.160 e. The van der Waals surface area contributed by atoms with E-state index >= 15 is 0 Å². The topological polar surface area (TPSA) is 44.5 Å². The highest BCUT2D eigenvalue weighted by molar-refractivity contribution is 7.80. The smallest absolute Gasteiger partial charge is 0.160 e. The Morgan fingerprint density at radius 1 is 1.25 bits per heavy atom. The molecule has 0 amide bonds. The highest BCUT2D eigenvalue weighted by Crippen LogP contribution is 2.27. The van der Waals surface area contributed by atoms with Gasteiger partial charge in [0.05, 0.1) is 19.2 Å². The Bertz CT molecular complexity index is 366. The Morgan fingerprint density at radius 2 is 1.94 bits per heavy atom. The fourth-order valence-corrected chi connectivity index (χ4v) is 1.65. The summed E-state index contributed by atoms with van der Waals surface area (Å²) in [6.45, 7) is 0. The molecule has 0 aliphatic heterocycles. The Labute approximate surface area is 102 Å². The van der Waals surface area contributed by atoms with Crippen LogP contribution >= 0.6 is 12.2 Å². The number of hydrogen-bond donors (Lipinski definition) is 1. The molecule has 1 aromatic carbocycles. The van der Waals surface area contributed by atoms with Crippen molar-refractivity contribution in [3.8, 4) is 11.5 Å². The molecule has 0 aliphatic carbocycles. The predicted octanol–water partition coefficient (Wildman–Crippen LogP) is 2.31. The van der Waals surface area contributed by atoms with Gasteiger partial charge in [0.2, 0.25) is 0 Å². The second-order valence-electron chi connectivity index (χ2n) is 3.51. The molecule has 0 bridgehead atoms. The third-order valence-electron chi connectivity index (χ3n) is 2.34. The van der Waals surface area contributed by atoms with Crippen LogP contribution in [0.25, 0.3) is 0 Å². The molecule has 0 atom stereocenters. The second kappa shape index (κ2) is 6.33. The van der Waals surface area contributed by atoms with E-state index in [4.69, 9.17) is 27.4 Å². The number of ether oxygens (including phenoxy) is 2. The highest BCUT2D eigenvalue weighted by Gasteiger charge is 2.04. The summed E-state index contributed by atoms with van der Waals surface area (Å²) < 4.78 is 10.4. The lowest BCUT2D eigenvalue weighted by Crippen LogP contribution is -2.07. The number of hydrogen-bond acceptors (Lipinski definition) is 3. The summed E-state index contributed by atoms with van der Waals surface area (Å²) >= 11 is 4.83. The molecule has 88 valence electrons. The molecule has 0 aliphatic rings. The zero-order valence-electron chi connectivity index (χ0n) is 9.66. The number of rotatable bonds is 6. The zero-order chi connectivity index (χ0) is 12.0. The molecule has 2 N–H and O–H groups in total. The number of methoxy groups -OCH3 is 2. The Balaban J connectivity index is 2.64. The van der Waals surface area contributed by atoms with Gasteiger partial charge in [0.1, 0.15) is 0 Å². The molecule has 4 heteroatoms. The first kappa shape index (κ1) is 12.8. The van der Waals surface area contributed by atoms with Crippen molar-refractivity contribution in [3.05, 3.63) is 23.8 Å². The van der Waals surface area contributed by atoms with Gasteiger partial charge in [-0.25, -0.2) is 0 Å². The van der Waals surface area contributed by atoms with E-state index in [0.29, 0.717) is 4.99 Å². The molecule has 0 aromatic heterocycles. The normalized spacial score (nSPS) is 9.88. The first-order valence-electron chi connectivity index (χ1n) is 5.16. The molecule has 0 fully saturated rings. The van der Waals surface area contributed by atoms with Gasteiger partial charge in [-0.15, -0.1) is 0 Å². The van der Waals surface area contributed by atoms with Crippen LogP contribution in [0.4, 0.5) is 0 Å². The fourth-order valence-electron chi connectivity index (χ4n) is 1.50. The molecule has 0 saturated carbocycles. The van der Waals surface area contributed by atoms with Gasteiger partial charge < -0.3 is 15.2 Å². The minimum absolute atomic E-state index is 0.570. The Kier molecular flexibility index (Phi) is 5.05. The van der Waals surface area contributed by atoms with E-state index in [1.54, 1.807) is 14.2 Å². The lowest BCUT2D eigenvalue weighted by atomic mass is 10.1. The second-order valence-corrected chi connectivity index (χ2v) is 4.03. The largest absolute Gasteiger partial charge is 0.493 e. The van der Waals surface area contributed by atoms with E-state index in [-0.39, 0.29) is 0 Å². The maximum atomic E-state index is 5.45. The number of thiocarbonyl (C=S) groups is 1. The summed E-state index contributed by atoms with van der Waals surface area (Å²) in [4.78, 5) is 0.570. The van der Waals surface area contributed by atoms with Gasteiger partial charge in [-0.3, -0.25) is 0 Å². The van der Waals surface area contributed by atoms with E-state index in [1.807, 2.05) is 18.2 Å². The van der Waals surface area contributed by atoms with Crippen LogP contribution in [0.2, 0.25) is 0 Å². The van der Waals surface area contributed by atoms with Crippen LogP contribution in [-0.4, -0.2) is 19.2 Å². The maximum absolute atomic E-state index is 5.45. The minimum atomic E-state index is 0.570. The molecular formula is C12H17NO2S. The van der Waals surface area contributed by atoms with Crippen molar-refractivity contribution < 1.29 is 9.47 Å². The van der Waals surface area contributed by atoms with Gasteiger partial charge in [0.25, 0.3) is 0 Å². The van der Waals surface area contributed by atoms with Crippen LogP contribution in [0.5, 0.6) is 11.5 Å². The van der Waals surface area contributed by atoms with E-state index in [2.05, 4.69) is 0 Å². The standard InChI is InChI=1S/C12H17NO2S/c1-14-10-7-6-9(8-11(10)15-2)4-3-5-12(13)16/h6-8H,3-5H2,1-2H3,(H2,13,16). The molecule has 0 unspecified atom stereocenters. The van der Waals surface area contributed by atoms with Gasteiger partial charge in [0.15, 0.2) is 11.5 Å². The molecule has 0 heterocycles. The summed E-state index contributed by atoms with van der Waals surface area (Å²) in [7, 11) is 3.26. The van der Waals surface area contributed by atoms with Crippen LogP contribution in [0.3, 0.4) is 0 Å². The molecule has 16 heavy (non-hydrogen) atoms. The summed E-state index contributed by atoms with van der Waals surface area (Å²) in [5, 5.41) is 0. The Morgan fingerprint density at radius 3 is 2.50 bits per heavy atom. The molecule has 0 saturated heterocycles. The predicted molar refractivity (Wildman–Crippen MR) is 69.3 cm³/mol. The highest BCUT2D eigenvalue weighted by atomic mass is 32.1. The third-order valence-corrected chi connectivity index (χ3v) is 2.54. The molecule has 1 rings (SSSR count). The van der Waals surface area contributed by atoms with Gasteiger partial charge in [0, 0.05) is 0 Å². The van der Waals surface area contributed by atoms with E-state index in [9.17, 15) is 0 Å². The first-order valence-corrected chi connectivity index (χ1v) is 5.57. The summed E-state index contributed by atoms with van der Waals surface area (Å²) in [6, 6.07) is 5.92. The lowest BCUT2D eigenvalue weighted by Gasteiger charge is -2.09. The Hall–Kier alpha value is -1.29. The quantitative estimate of drug-likeness (QED) is 0.774. The summed E-state index contributed by atoms with van der Waals surface area (Å²) in [6.07, 6.45) is 2.69. The zero-order valence-corrected chi connectivity index (χ0v) is 10.5. The average molecular weight is 239 g/mol. The van der Waals surface area contributed by atoms with E-state index < -0.39 is 0 Å². The van der Waals surface area contributed by atoms with Gasteiger partial charge in [-0.2, -0.15) is 0 Å². The van der Waals surface area contributed by atoms with E-state index in [1.165, 1.54) is 5.56 Å². The number of nitrogens with two attached hydrogens (primary N) is 1. The van der Waals surface area contributed by atoms with Crippen molar-refractivity contribution in [1.82, 2.24) is 0 Å². The van der Waals surface area contributed by atoms with E-state index in [0.717, 1.165) is 30.8 Å². The molecule has 3 nitrogen and oxygen atoms in total. The average Bonchev–Trinajstić information content (AvgIpc) is 2.28. The van der Waals surface area contributed by atoms with Crippen LogP contribution in [0, 0.1) is 0 Å². The van der Waals surface area contributed by atoms with Gasteiger partial charge in [-0.05, 0) is 37.0 Å². The first-order chi connectivity index (χ1) is 7.67. The summed E-state index contributed by atoms with van der Waals surface area (Å²) in [5.41, 5.74) is 6.65. The lowest BCUT2D eigenvalue weighted by molar-refractivity contribution is 0.354. The molecular weight excluding hydrogens is 222 g/mol. The molecule has 0 spiro atoms. The van der Waals surface area contributed by atoms with Crippen molar-refractivity contribution in [2.75, 3.05) is 14.2 Å². The monoisotopic (exact) mass is 239 g/mol. The van der Waals surface area contributed by atoms with Crippen LogP contribution in [0.1, 0.15) is 18.4 Å². The summed E-state index contributed by atoms with van der Waals surface area (Å²) in [5.74, 6) is 1.51. The minimum Gasteiger partial charge on any atom is -0.493 e. The van der Waals surface area contributed by atoms with Gasteiger partial charge >= 0.3 is 0 Å². The van der Waals surface area contributed by atoms with Crippen LogP contribution in [-0.2, 0) is 6.42 Å². The third kappa shape index (κ3) is 3.70. The van der Waals surface area contributed by atoms with Crippen molar-refractivity contribution >= 4 is 17.2 Å². The molecule has 0 radical (unpaired) electrons. The fraction of sp³-hybridized carbons (Fsp3) is 0.417. The van der Waals surface area contributed by atoms with Crippen molar-refractivity contribution in [3.63, 3.8) is 0 Å². The number of benzene rings is 1. The SMILES string of the molecule is COc1ccc(CCCC(N)=S)cc1OC. The van der Waals surface area contributed by atoms with Crippen molar-refractivity contribution in [1.29, 1.82) is 0 Å². The van der Waals surface area contributed by atoms with Crippen LogP contribution in [0.15, 0.2) is 18.2 Å². The number of aryl methyl sites for hydroxylation is 1.